The van der Waals surface area contributed by atoms with Gasteiger partial charge in [-0.2, -0.15) is 0 Å². The van der Waals surface area contributed by atoms with Crippen LogP contribution in [0.2, 0.25) is 0 Å². The molecule has 0 bridgehead atoms. The number of pyridine rings is 1. The Bertz CT molecular complexity index is 1330. The summed E-state index contributed by atoms with van der Waals surface area (Å²) in [5.74, 6) is 0.221. The minimum absolute atomic E-state index is 0.110. The van der Waals surface area contributed by atoms with E-state index < -0.39 is 5.03 Å². The Morgan fingerprint density at radius 2 is 1.65 bits per heavy atom. The molecule has 3 aromatic carbocycles. The van der Waals surface area contributed by atoms with E-state index in [1.54, 1.807) is 60.7 Å². The van der Waals surface area contributed by atoms with Crippen LogP contribution >= 0.6 is 0 Å². The molecule has 31 heavy (non-hydrogen) atoms. The molecule has 0 aliphatic rings. The van der Waals surface area contributed by atoms with Gasteiger partial charge in [-0.15, -0.1) is 0 Å². The minimum atomic E-state index is -0.863. The average molecular weight is 412 g/mol. The van der Waals surface area contributed by atoms with Crippen molar-refractivity contribution in [3.05, 3.63) is 94.2 Å². The topological polar surface area (TPSA) is 121 Å². The van der Waals surface area contributed by atoms with Crippen LogP contribution in [0.4, 0.5) is 5.69 Å². The van der Waals surface area contributed by atoms with E-state index >= 15 is 0 Å². The van der Waals surface area contributed by atoms with Gasteiger partial charge in [-0.05, 0) is 71.8 Å². The molecule has 1 heterocycles. The second kappa shape index (κ2) is 8.42. The van der Waals surface area contributed by atoms with Crippen LogP contribution in [-0.4, -0.2) is 20.2 Å². The van der Waals surface area contributed by atoms with Gasteiger partial charge in [0.2, 0.25) is 5.69 Å². The number of benzene rings is 3. The summed E-state index contributed by atoms with van der Waals surface area (Å²) in [5.41, 5.74) is 3.80. The fourth-order valence-electron chi connectivity index (χ4n) is 3.09. The van der Waals surface area contributed by atoms with Gasteiger partial charge in [0.05, 0.1) is 15.8 Å². The van der Waals surface area contributed by atoms with Crippen molar-refractivity contribution in [3.63, 3.8) is 0 Å². The third-order valence-corrected chi connectivity index (χ3v) is 4.62. The number of aromatic hydroxyl groups is 2. The molecule has 0 saturated heterocycles. The van der Waals surface area contributed by atoms with Crippen LogP contribution in [-0.2, 0) is 0 Å². The number of hydrogen-bond donors (Lipinski definition) is 2. The number of rotatable bonds is 5. The predicted molar refractivity (Wildman–Crippen MR) is 117 cm³/mol. The van der Waals surface area contributed by atoms with E-state index in [0.717, 1.165) is 16.5 Å². The molecule has 0 amide bonds. The fourth-order valence-corrected chi connectivity index (χ4v) is 3.09. The summed E-state index contributed by atoms with van der Waals surface area (Å²) in [4.78, 5) is 14.7. The molecule has 0 fully saturated rings. The molecular formula is C23H16N4O4. The number of nitrogens with zero attached hydrogens (tertiary/aromatic N) is 4. The second-order valence-electron chi connectivity index (χ2n) is 6.67. The number of fused-ring (bicyclic) bond motifs is 1. The lowest BCUT2D eigenvalue weighted by Gasteiger charge is -2.05. The Morgan fingerprint density at radius 1 is 0.871 bits per heavy atom. The average Bonchev–Trinajstić information content (AvgIpc) is 2.78. The van der Waals surface area contributed by atoms with Crippen molar-refractivity contribution in [2.45, 2.75) is 0 Å². The zero-order chi connectivity index (χ0) is 21.8. The molecular weight excluding hydrogens is 396 g/mol. The molecule has 0 unspecified atom stereocenters. The highest BCUT2D eigenvalue weighted by atomic mass is 16.7. The maximum Gasteiger partial charge on any atom is 0.203 e. The standard InChI is InChI=1S/C23H16N4O4/c28-21-13-8-17(15-4-11-20(12-5-15)25-26-27(30)31)14-18(21)7-10-19-9-6-16-2-1-3-22(29)23(16)24-19/h1-14,28-29H. The summed E-state index contributed by atoms with van der Waals surface area (Å²) in [6, 6.07) is 20.9. The molecule has 8 heteroatoms. The summed E-state index contributed by atoms with van der Waals surface area (Å²) in [7, 11) is 0. The molecule has 4 rings (SSSR count). The molecule has 1 aromatic heterocycles. The number of phenolic OH excluding ortho intramolecular Hbond substituents is 2. The largest absolute Gasteiger partial charge is 0.507 e. The van der Waals surface area contributed by atoms with E-state index in [1.165, 1.54) is 0 Å². The first-order chi connectivity index (χ1) is 15.0. The number of para-hydroxylation sites is 1. The quantitative estimate of drug-likeness (QED) is 0.245. The van der Waals surface area contributed by atoms with Gasteiger partial charge in [0.1, 0.15) is 17.0 Å². The monoisotopic (exact) mass is 412 g/mol. The van der Waals surface area contributed by atoms with Gasteiger partial charge in [0.15, 0.2) is 5.22 Å². The highest BCUT2D eigenvalue weighted by Crippen LogP contribution is 2.29. The normalized spacial score (nSPS) is 11.5. The van der Waals surface area contributed by atoms with Gasteiger partial charge >= 0.3 is 0 Å². The van der Waals surface area contributed by atoms with Crippen molar-refractivity contribution in [1.82, 2.24) is 4.98 Å². The van der Waals surface area contributed by atoms with Gasteiger partial charge in [-0.25, -0.2) is 4.98 Å². The molecule has 0 aliphatic heterocycles. The molecule has 0 aliphatic carbocycles. The van der Waals surface area contributed by atoms with E-state index in [-0.39, 0.29) is 11.5 Å². The van der Waals surface area contributed by atoms with E-state index in [9.17, 15) is 20.3 Å². The molecule has 0 spiro atoms. The molecule has 0 saturated carbocycles. The zero-order valence-corrected chi connectivity index (χ0v) is 16.1. The lowest BCUT2D eigenvalue weighted by Crippen LogP contribution is -1.84. The van der Waals surface area contributed by atoms with Crippen LogP contribution in [0, 0.1) is 10.1 Å². The Kier molecular flexibility index (Phi) is 5.35. The fraction of sp³-hybridized carbons (Fsp3) is 0. The molecule has 152 valence electrons. The zero-order valence-electron chi connectivity index (χ0n) is 16.1. The number of phenols is 2. The summed E-state index contributed by atoms with van der Waals surface area (Å²) in [6.45, 7) is 0. The number of aromatic nitrogens is 1. The van der Waals surface area contributed by atoms with Gasteiger partial charge in [0.25, 0.3) is 0 Å². The summed E-state index contributed by atoms with van der Waals surface area (Å²) in [6.07, 6.45) is 3.50. The van der Waals surface area contributed by atoms with E-state index in [2.05, 4.69) is 15.3 Å². The van der Waals surface area contributed by atoms with Crippen molar-refractivity contribution >= 4 is 28.7 Å². The molecule has 0 atom stereocenters. The second-order valence-corrected chi connectivity index (χ2v) is 6.67. The van der Waals surface area contributed by atoms with Gasteiger partial charge < -0.3 is 20.3 Å². The highest BCUT2D eigenvalue weighted by molar-refractivity contribution is 5.86. The van der Waals surface area contributed by atoms with E-state index in [1.807, 2.05) is 24.3 Å². The van der Waals surface area contributed by atoms with Crippen molar-refractivity contribution in [2.24, 2.45) is 10.3 Å². The van der Waals surface area contributed by atoms with Crippen LogP contribution in [0.3, 0.4) is 0 Å². The first-order valence-electron chi connectivity index (χ1n) is 9.26. The Morgan fingerprint density at radius 3 is 2.42 bits per heavy atom. The van der Waals surface area contributed by atoms with Gasteiger partial charge in [-0.3, -0.25) is 0 Å². The van der Waals surface area contributed by atoms with E-state index in [4.69, 9.17) is 0 Å². The lowest BCUT2D eigenvalue weighted by atomic mass is 10.0. The van der Waals surface area contributed by atoms with Crippen molar-refractivity contribution in [2.75, 3.05) is 0 Å². The van der Waals surface area contributed by atoms with Crippen LogP contribution in [0.5, 0.6) is 11.5 Å². The van der Waals surface area contributed by atoms with Crippen LogP contribution in [0.1, 0.15) is 11.3 Å². The summed E-state index contributed by atoms with van der Waals surface area (Å²) < 4.78 is 0. The number of nitro groups is 1. The number of hydrogen-bond acceptors (Lipinski definition) is 6. The summed E-state index contributed by atoms with van der Waals surface area (Å²) in [5, 5.41) is 36.9. The van der Waals surface area contributed by atoms with Crippen molar-refractivity contribution < 1.29 is 15.2 Å². The van der Waals surface area contributed by atoms with Crippen LogP contribution < -0.4 is 0 Å². The highest BCUT2D eigenvalue weighted by Gasteiger charge is 2.06. The SMILES string of the molecule is O=[N+]([O-])N=Nc1ccc(-c2ccc(O)c(C=Cc3ccc4cccc(O)c4n3)c2)cc1. The van der Waals surface area contributed by atoms with Gasteiger partial charge in [-0.1, -0.05) is 24.3 Å². The molecule has 4 aromatic rings. The Labute approximate surface area is 176 Å². The third-order valence-electron chi connectivity index (χ3n) is 4.62. The molecule has 0 radical (unpaired) electrons. The third kappa shape index (κ3) is 4.54. The van der Waals surface area contributed by atoms with Gasteiger partial charge in [0, 0.05) is 10.9 Å². The summed E-state index contributed by atoms with van der Waals surface area (Å²) >= 11 is 0. The van der Waals surface area contributed by atoms with Crippen molar-refractivity contribution in [3.8, 4) is 22.6 Å². The maximum absolute atomic E-state index is 10.3. The van der Waals surface area contributed by atoms with Crippen molar-refractivity contribution in [1.29, 1.82) is 0 Å². The van der Waals surface area contributed by atoms with Crippen LogP contribution in [0.15, 0.2) is 83.1 Å². The molecule has 2 N–H and O–H groups in total. The Hall–Kier alpha value is -4.59. The van der Waals surface area contributed by atoms with E-state index in [0.29, 0.717) is 22.5 Å². The smallest absolute Gasteiger partial charge is 0.203 e. The maximum atomic E-state index is 10.3. The van der Waals surface area contributed by atoms with Crippen LogP contribution in [0.25, 0.3) is 34.2 Å². The lowest BCUT2D eigenvalue weighted by molar-refractivity contribution is -0.493. The predicted octanol–water partition coefficient (Wildman–Crippen LogP) is 5.76. The first-order valence-corrected chi connectivity index (χ1v) is 9.26. The first kappa shape index (κ1) is 19.7. The Balaban J connectivity index is 1.61. The molecule has 8 nitrogen and oxygen atoms in total. The minimum Gasteiger partial charge on any atom is -0.507 e.